The number of nitrogens with zero attached hydrogens (tertiary/aromatic N) is 2. The summed E-state index contributed by atoms with van der Waals surface area (Å²) < 4.78 is 2.91. The van der Waals surface area contributed by atoms with Crippen LogP contribution >= 0.6 is 11.3 Å². The van der Waals surface area contributed by atoms with Gasteiger partial charge in [-0.3, -0.25) is 0 Å². The van der Waals surface area contributed by atoms with Crippen molar-refractivity contribution in [2.45, 2.75) is 197 Å². The highest BCUT2D eigenvalue weighted by atomic mass is 32.1. The molecule has 0 atom stereocenters. The van der Waals surface area contributed by atoms with Crippen LogP contribution in [0.4, 0.5) is 28.4 Å². The summed E-state index contributed by atoms with van der Waals surface area (Å²) in [5.74, 6) is 0.476. The van der Waals surface area contributed by atoms with E-state index < -0.39 is 0 Å². The summed E-state index contributed by atoms with van der Waals surface area (Å²) in [6.07, 6.45) is 9.81. The molecule has 0 radical (unpaired) electrons. The maximum Gasteiger partial charge on any atom is 0.264 e. The second-order valence-electron chi connectivity index (χ2n) is 27.6. The molecule has 1 aromatic heterocycles. The molecule has 0 fully saturated rings. The Morgan fingerprint density at radius 3 is 1.67 bits per heavy atom. The largest absolute Gasteiger partial charge is 0.338 e. The Labute approximate surface area is 411 Å². The number of hydrogen-bond donors (Lipinski definition) is 0. The van der Waals surface area contributed by atoms with Gasteiger partial charge in [-0.15, -0.1) is 11.3 Å². The Balaban J connectivity index is 1.42. The van der Waals surface area contributed by atoms with Crippen LogP contribution in [-0.2, 0) is 32.5 Å². The second-order valence-corrected chi connectivity index (χ2v) is 28.7. The Morgan fingerprint density at radius 1 is 0.642 bits per heavy atom. The van der Waals surface area contributed by atoms with Gasteiger partial charge < -0.3 is 9.80 Å². The lowest BCUT2D eigenvalue weighted by Gasteiger charge is -2.47. The molecule has 2 aliphatic heterocycles. The molecule has 0 bridgehead atoms. The predicted octanol–water partition coefficient (Wildman–Crippen LogP) is 16.5. The van der Waals surface area contributed by atoms with Gasteiger partial charge in [-0.25, -0.2) is 0 Å². The van der Waals surface area contributed by atoms with Crippen molar-refractivity contribution in [1.29, 1.82) is 0 Å². The van der Waals surface area contributed by atoms with Gasteiger partial charge in [0.15, 0.2) is 0 Å². The van der Waals surface area contributed by atoms with Gasteiger partial charge in [0, 0.05) is 44.2 Å². The van der Waals surface area contributed by atoms with E-state index in [2.05, 4.69) is 232 Å². The summed E-state index contributed by atoms with van der Waals surface area (Å²) in [5, 5.41) is 1.41. The van der Waals surface area contributed by atoms with Gasteiger partial charge in [0.25, 0.3) is 6.71 Å². The van der Waals surface area contributed by atoms with E-state index in [9.17, 15) is 0 Å². The summed E-state index contributed by atoms with van der Waals surface area (Å²) in [5.41, 5.74) is 21.8. The van der Waals surface area contributed by atoms with Gasteiger partial charge in [0.2, 0.25) is 0 Å². The van der Waals surface area contributed by atoms with Gasteiger partial charge in [-0.1, -0.05) is 167 Å². The molecule has 4 heteroatoms. The lowest BCUT2D eigenvalue weighted by Crippen LogP contribution is -2.61. The topological polar surface area (TPSA) is 6.48 Å². The fourth-order valence-corrected chi connectivity index (χ4v) is 13.4. The van der Waals surface area contributed by atoms with E-state index in [-0.39, 0.29) is 44.6 Å². The van der Waals surface area contributed by atoms with Crippen LogP contribution in [0.2, 0.25) is 0 Å². The van der Waals surface area contributed by atoms with Crippen LogP contribution in [-0.4, -0.2) is 13.3 Å². The van der Waals surface area contributed by atoms with E-state index in [0.717, 1.165) is 6.54 Å². The third-order valence-corrected chi connectivity index (χ3v) is 18.0. The van der Waals surface area contributed by atoms with Crippen molar-refractivity contribution < 1.29 is 0 Å². The van der Waals surface area contributed by atoms with E-state index >= 15 is 0 Å². The fraction of sp³-hybridized carbons (Fsp3) is 0.524. The van der Waals surface area contributed by atoms with E-state index in [1.165, 1.54) is 113 Å². The predicted molar refractivity (Wildman–Crippen MR) is 299 cm³/mol. The van der Waals surface area contributed by atoms with Crippen LogP contribution in [0.5, 0.6) is 0 Å². The first-order valence-corrected chi connectivity index (χ1v) is 26.7. The van der Waals surface area contributed by atoms with Crippen molar-refractivity contribution >= 4 is 72.3 Å². The first-order chi connectivity index (χ1) is 30.8. The summed E-state index contributed by atoms with van der Waals surface area (Å²) in [4.78, 5) is 5.49. The average Bonchev–Trinajstić information content (AvgIpc) is 3.58. The van der Waals surface area contributed by atoms with E-state index in [1.807, 2.05) is 0 Å². The zero-order valence-electron chi connectivity index (χ0n) is 45.4. The van der Waals surface area contributed by atoms with Crippen LogP contribution < -0.4 is 25.5 Å². The minimum absolute atomic E-state index is 0.0424. The molecule has 0 N–H and O–H groups in total. The van der Waals surface area contributed by atoms with Crippen LogP contribution in [0.3, 0.4) is 0 Å². The number of thiophene rings is 1. The van der Waals surface area contributed by atoms with Crippen molar-refractivity contribution in [3.05, 3.63) is 117 Å². The van der Waals surface area contributed by atoms with Gasteiger partial charge in [0.05, 0.1) is 5.69 Å². The van der Waals surface area contributed by atoms with Gasteiger partial charge in [-0.2, -0.15) is 0 Å². The van der Waals surface area contributed by atoms with Crippen LogP contribution in [0, 0.1) is 11.3 Å². The first-order valence-electron chi connectivity index (χ1n) is 25.9. The van der Waals surface area contributed by atoms with Gasteiger partial charge >= 0.3 is 0 Å². The molecule has 4 aromatic carbocycles. The molecule has 2 nitrogen and oxygen atoms in total. The molecule has 2 aliphatic carbocycles. The number of hydrogen-bond acceptors (Lipinski definition) is 3. The van der Waals surface area contributed by atoms with Crippen molar-refractivity contribution in [3.8, 4) is 0 Å². The smallest absolute Gasteiger partial charge is 0.264 e. The number of fused-ring (bicyclic) bond motifs is 8. The van der Waals surface area contributed by atoms with Gasteiger partial charge in [0.1, 0.15) is 0 Å². The molecule has 9 rings (SSSR count). The lowest BCUT2D eigenvalue weighted by atomic mass is 9.35. The second kappa shape index (κ2) is 15.5. The van der Waals surface area contributed by atoms with Crippen LogP contribution in [0.15, 0.2) is 84.0 Å². The quantitative estimate of drug-likeness (QED) is 0.126. The van der Waals surface area contributed by atoms with Crippen molar-refractivity contribution in [2.24, 2.45) is 11.3 Å². The molecule has 67 heavy (non-hydrogen) atoms. The molecule has 0 spiro atoms. The molecular weight excluding hydrogens is 828 g/mol. The molecule has 4 aliphatic rings. The Morgan fingerprint density at radius 2 is 1.15 bits per heavy atom. The maximum absolute atomic E-state index is 2.77. The number of benzene rings is 4. The molecule has 3 heterocycles. The minimum atomic E-state index is -0.0768. The van der Waals surface area contributed by atoms with Gasteiger partial charge in [-0.05, 0) is 169 Å². The zero-order valence-corrected chi connectivity index (χ0v) is 46.2. The number of allylic oxidation sites excluding steroid dienone is 3. The average molecular weight is 911 g/mol. The number of anilines is 5. The monoisotopic (exact) mass is 911 g/mol. The third-order valence-electron chi connectivity index (χ3n) is 16.8. The third kappa shape index (κ3) is 8.10. The SMILES string of the molecule is C/C(=C/C(=C\C(C)C)C(C)(C)C)CN1c2cc3c(cc2B2c4sc5cc6c(cc5c4N(c4ccc(C(C)(C)C)cc4)c4cc(C(C)(C)C)cc1c42)C(C)(C)CCC6(C)C)C(C)(C)CCC3(C)C. The Hall–Kier alpha value is -4.02. The number of rotatable bonds is 5. The van der Waals surface area contributed by atoms with Crippen molar-refractivity contribution in [2.75, 3.05) is 16.3 Å². The zero-order chi connectivity index (χ0) is 48.9. The van der Waals surface area contributed by atoms with E-state index in [1.54, 1.807) is 11.1 Å². The summed E-state index contributed by atoms with van der Waals surface area (Å²) >= 11 is 2.08. The molecule has 0 amide bonds. The summed E-state index contributed by atoms with van der Waals surface area (Å²) in [6.45, 7) is 49.2. The molecule has 0 unspecified atom stereocenters. The first kappa shape index (κ1) is 48.0. The molecular formula is C63H83BN2S. The standard InChI is InChI=1S/C63H83BN2S/c1-38(2)29-41(58(7,8)9)30-39(3)37-65-50-35-47-46(61(15,16)26-27-62(47,17)18)34-49(50)64-54-51(65)31-42(59(10,11)12)32-52(54)66(43-23-21-40(22-24-43)57(4,5)6)55-44-33-45-48(36-53(44)67-56(55)64)63(19,20)28-25-60(45,13)14/h21-24,29-36,38H,25-28,37H2,1-20H3/b39-30-,41-29+. The van der Waals surface area contributed by atoms with Crippen LogP contribution in [0.25, 0.3) is 10.1 Å². The van der Waals surface area contributed by atoms with E-state index in [4.69, 9.17) is 0 Å². The van der Waals surface area contributed by atoms with Crippen molar-refractivity contribution in [3.63, 3.8) is 0 Å². The summed E-state index contributed by atoms with van der Waals surface area (Å²) in [6, 6.07) is 25.6. The molecule has 354 valence electrons. The fourth-order valence-electron chi connectivity index (χ4n) is 12.1. The highest BCUT2D eigenvalue weighted by Gasteiger charge is 2.49. The van der Waals surface area contributed by atoms with Crippen LogP contribution in [0.1, 0.15) is 198 Å². The minimum Gasteiger partial charge on any atom is -0.338 e. The highest BCUT2D eigenvalue weighted by molar-refractivity contribution is 7.33. The lowest BCUT2D eigenvalue weighted by molar-refractivity contribution is 0.332. The maximum atomic E-state index is 2.77. The van der Waals surface area contributed by atoms with Crippen molar-refractivity contribution in [1.82, 2.24) is 0 Å². The highest BCUT2D eigenvalue weighted by Crippen LogP contribution is 2.54. The molecule has 0 saturated carbocycles. The molecule has 5 aromatic rings. The Kier molecular flexibility index (Phi) is 11.1. The normalized spacial score (nSPS) is 19.6. The summed E-state index contributed by atoms with van der Waals surface area (Å²) in [7, 11) is 0. The Bertz CT molecular complexity index is 2870. The van der Waals surface area contributed by atoms with E-state index in [0.29, 0.717) is 5.92 Å². The molecule has 0 saturated heterocycles.